The van der Waals surface area contributed by atoms with Gasteiger partial charge in [-0.2, -0.15) is 5.26 Å². The molecule has 1 aliphatic rings. The number of aromatic nitrogens is 5. The molecule has 1 fully saturated rings. The lowest BCUT2D eigenvalue weighted by Crippen LogP contribution is -2.46. The van der Waals surface area contributed by atoms with Gasteiger partial charge in [-0.05, 0) is 64.8 Å². The maximum absolute atomic E-state index is 14.9. The van der Waals surface area contributed by atoms with Crippen LogP contribution in [0.1, 0.15) is 67.5 Å². The fourth-order valence-corrected chi connectivity index (χ4v) is 7.03. The molecule has 232 valence electrons. The van der Waals surface area contributed by atoms with E-state index in [0.717, 1.165) is 42.2 Å². The van der Waals surface area contributed by atoms with Gasteiger partial charge in [-0.15, -0.1) is 16.4 Å². The number of nitriles is 1. The van der Waals surface area contributed by atoms with E-state index in [9.17, 15) is 9.65 Å². The van der Waals surface area contributed by atoms with Gasteiger partial charge in [0.1, 0.15) is 17.8 Å². The molecule has 0 aliphatic carbocycles. The molecular formula is C32H32Cl2FN9S. The SMILES string of the molecule is Cc1ncsc1[C@H](Nc1cc(Cl)c2ncc(C#N)c(Nc3cccc(Cl)c3F)c2c1)c1cn(C2CCN(C(C)(C)C)CC2)nn1. The van der Waals surface area contributed by atoms with Gasteiger partial charge in [-0.25, -0.2) is 14.1 Å². The zero-order valence-corrected chi connectivity index (χ0v) is 27.6. The highest BCUT2D eigenvalue weighted by Gasteiger charge is 2.30. The van der Waals surface area contributed by atoms with Gasteiger partial charge in [0.05, 0.1) is 60.8 Å². The minimum absolute atomic E-state index is 0.0344. The summed E-state index contributed by atoms with van der Waals surface area (Å²) in [6.07, 6.45) is 5.42. The Balaban J connectivity index is 1.36. The molecule has 0 radical (unpaired) electrons. The van der Waals surface area contributed by atoms with Crippen molar-refractivity contribution in [1.29, 1.82) is 5.26 Å². The van der Waals surface area contributed by atoms with E-state index >= 15 is 0 Å². The maximum Gasteiger partial charge on any atom is 0.165 e. The first-order valence-corrected chi connectivity index (χ1v) is 16.2. The second-order valence-corrected chi connectivity index (χ2v) is 13.8. The van der Waals surface area contributed by atoms with E-state index in [4.69, 9.17) is 23.2 Å². The van der Waals surface area contributed by atoms with Crippen LogP contribution in [-0.4, -0.2) is 48.5 Å². The summed E-state index contributed by atoms with van der Waals surface area (Å²) in [6.45, 7) is 10.7. The normalized spacial score (nSPS) is 15.2. The Morgan fingerprint density at radius 2 is 1.91 bits per heavy atom. The Morgan fingerprint density at radius 1 is 1.13 bits per heavy atom. The van der Waals surface area contributed by atoms with E-state index < -0.39 is 5.82 Å². The molecule has 5 aromatic rings. The summed E-state index contributed by atoms with van der Waals surface area (Å²) in [4.78, 5) is 12.4. The Morgan fingerprint density at radius 3 is 2.60 bits per heavy atom. The number of hydrogen-bond donors (Lipinski definition) is 2. The number of fused-ring (bicyclic) bond motifs is 1. The van der Waals surface area contributed by atoms with Gasteiger partial charge in [0.25, 0.3) is 0 Å². The van der Waals surface area contributed by atoms with Crippen molar-refractivity contribution < 1.29 is 4.39 Å². The third-order valence-corrected chi connectivity index (χ3v) is 9.80. The minimum Gasteiger partial charge on any atom is -0.372 e. The molecule has 9 nitrogen and oxygen atoms in total. The zero-order valence-electron chi connectivity index (χ0n) is 25.3. The topological polar surface area (TPSA) is 108 Å². The van der Waals surface area contributed by atoms with Crippen LogP contribution in [0.15, 0.2) is 48.2 Å². The largest absolute Gasteiger partial charge is 0.372 e. The lowest BCUT2D eigenvalue weighted by atomic mass is 9.98. The van der Waals surface area contributed by atoms with Crippen molar-refractivity contribution in [2.45, 2.75) is 58.2 Å². The van der Waals surface area contributed by atoms with Gasteiger partial charge in [0.2, 0.25) is 0 Å². The van der Waals surface area contributed by atoms with Crippen LogP contribution < -0.4 is 10.6 Å². The molecule has 45 heavy (non-hydrogen) atoms. The molecule has 0 saturated carbocycles. The van der Waals surface area contributed by atoms with E-state index in [0.29, 0.717) is 27.3 Å². The Kier molecular flexibility index (Phi) is 8.68. The standard InChI is InChI=1S/C32H32Cl2FN9S/c1-18-31(45-17-38-18)30(26-16-44(42-41-26)21-8-10-43(11-9-21)32(2,3)4)39-20-12-22-28(40-25-7-5-6-23(33)27(25)35)19(14-36)15-37-29(22)24(34)13-20/h5-7,12-13,15-17,21,30,39H,8-11H2,1-4H3,(H,37,40)/t30-/m1/s1. The summed E-state index contributed by atoms with van der Waals surface area (Å²) in [5.41, 5.74) is 5.42. The van der Waals surface area contributed by atoms with Crippen LogP contribution in [0.3, 0.4) is 0 Å². The van der Waals surface area contributed by atoms with E-state index in [-0.39, 0.29) is 33.9 Å². The number of piperidine rings is 1. The summed E-state index contributed by atoms with van der Waals surface area (Å²) in [7, 11) is 0. The predicted octanol–water partition coefficient (Wildman–Crippen LogP) is 8.29. The number of rotatable bonds is 7. The first-order chi connectivity index (χ1) is 21.5. The van der Waals surface area contributed by atoms with Crippen molar-refractivity contribution in [2.24, 2.45) is 0 Å². The average Bonchev–Trinajstić information content (AvgIpc) is 3.68. The van der Waals surface area contributed by atoms with Crippen LogP contribution in [0.4, 0.5) is 21.5 Å². The smallest absolute Gasteiger partial charge is 0.165 e. The first-order valence-electron chi connectivity index (χ1n) is 14.6. The number of nitrogens with one attached hydrogen (secondary N) is 2. The number of benzene rings is 2. The Labute approximate surface area is 275 Å². The molecule has 2 aromatic carbocycles. The van der Waals surface area contributed by atoms with Crippen molar-refractivity contribution in [2.75, 3.05) is 23.7 Å². The quantitative estimate of drug-likeness (QED) is 0.179. The van der Waals surface area contributed by atoms with Crippen LogP contribution in [-0.2, 0) is 0 Å². The second-order valence-electron chi connectivity index (χ2n) is 12.1. The number of anilines is 3. The molecule has 13 heteroatoms. The maximum atomic E-state index is 14.9. The highest BCUT2D eigenvalue weighted by Crippen LogP contribution is 2.38. The number of halogens is 3. The third-order valence-electron chi connectivity index (χ3n) is 8.22. The van der Waals surface area contributed by atoms with Gasteiger partial charge in [0.15, 0.2) is 5.82 Å². The highest BCUT2D eigenvalue weighted by atomic mass is 35.5. The number of hydrogen-bond acceptors (Lipinski definition) is 9. The van der Waals surface area contributed by atoms with Crippen molar-refractivity contribution >= 4 is 62.5 Å². The van der Waals surface area contributed by atoms with Crippen molar-refractivity contribution in [1.82, 2.24) is 29.9 Å². The van der Waals surface area contributed by atoms with Gasteiger partial charge in [0, 0.05) is 35.9 Å². The van der Waals surface area contributed by atoms with Crippen molar-refractivity contribution in [3.63, 3.8) is 0 Å². The molecule has 0 amide bonds. The Bertz CT molecular complexity index is 1900. The van der Waals surface area contributed by atoms with Crippen LogP contribution in [0.25, 0.3) is 10.9 Å². The second kappa shape index (κ2) is 12.5. The number of aryl methyl sites for hydroxylation is 1. The third kappa shape index (κ3) is 6.33. The molecule has 4 heterocycles. The molecule has 6 rings (SSSR count). The number of pyridine rings is 1. The molecule has 0 spiro atoms. The average molecular weight is 665 g/mol. The van der Waals surface area contributed by atoms with Crippen molar-refractivity contribution in [3.05, 3.63) is 85.9 Å². The van der Waals surface area contributed by atoms with Gasteiger partial charge >= 0.3 is 0 Å². The fourth-order valence-electron chi connectivity index (χ4n) is 5.73. The number of nitrogens with zero attached hydrogens (tertiary/aromatic N) is 7. The number of thiazole rings is 1. The van der Waals surface area contributed by atoms with E-state index in [1.54, 1.807) is 18.2 Å². The van der Waals surface area contributed by atoms with E-state index in [1.165, 1.54) is 23.6 Å². The fraction of sp³-hybridized carbons (Fsp3) is 0.344. The van der Waals surface area contributed by atoms with E-state index in [1.807, 2.05) is 29.4 Å². The van der Waals surface area contributed by atoms with Gasteiger partial charge in [-0.3, -0.25) is 9.88 Å². The van der Waals surface area contributed by atoms with Crippen LogP contribution in [0.5, 0.6) is 0 Å². The Hall–Kier alpha value is -3.82. The molecule has 1 aliphatic heterocycles. The van der Waals surface area contributed by atoms with Gasteiger partial charge in [-0.1, -0.05) is 34.5 Å². The lowest BCUT2D eigenvalue weighted by Gasteiger charge is -2.40. The lowest BCUT2D eigenvalue weighted by molar-refractivity contribution is 0.0866. The molecular weight excluding hydrogens is 632 g/mol. The minimum atomic E-state index is -0.624. The highest BCUT2D eigenvalue weighted by molar-refractivity contribution is 7.09. The summed E-state index contributed by atoms with van der Waals surface area (Å²) in [5.74, 6) is -0.624. The van der Waals surface area contributed by atoms with E-state index in [2.05, 4.69) is 62.7 Å². The summed E-state index contributed by atoms with van der Waals surface area (Å²) in [5, 5.41) is 26.6. The molecule has 3 aromatic heterocycles. The van der Waals surface area contributed by atoms with Crippen molar-refractivity contribution in [3.8, 4) is 6.07 Å². The molecule has 1 atom stereocenters. The summed E-state index contributed by atoms with van der Waals surface area (Å²) >= 11 is 14.3. The van der Waals surface area contributed by atoms with Crippen LogP contribution in [0.2, 0.25) is 10.0 Å². The van der Waals surface area contributed by atoms with Crippen LogP contribution in [0, 0.1) is 24.1 Å². The molecule has 2 N–H and O–H groups in total. The summed E-state index contributed by atoms with van der Waals surface area (Å²) < 4.78 is 16.9. The van der Waals surface area contributed by atoms with Crippen LogP contribution >= 0.6 is 34.5 Å². The summed E-state index contributed by atoms with van der Waals surface area (Å²) in [6, 6.07) is 10.3. The predicted molar refractivity (Wildman–Crippen MR) is 178 cm³/mol. The zero-order chi connectivity index (χ0) is 31.9. The molecule has 1 saturated heterocycles. The number of likely N-dealkylation sites (tertiary alicyclic amines) is 1. The molecule has 0 bridgehead atoms. The first kappa shape index (κ1) is 31.2. The molecule has 0 unspecified atom stereocenters. The monoisotopic (exact) mass is 663 g/mol. The van der Waals surface area contributed by atoms with Gasteiger partial charge < -0.3 is 10.6 Å².